The third-order valence-electron chi connectivity index (χ3n) is 4.49. The van der Waals surface area contributed by atoms with Gasteiger partial charge in [0.15, 0.2) is 0 Å². The van der Waals surface area contributed by atoms with Crippen molar-refractivity contribution < 1.29 is 22.7 Å². The van der Waals surface area contributed by atoms with E-state index in [1.165, 1.54) is 0 Å². The molecule has 8 heteroatoms. The third-order valence-corrected chi connectivity index (χ3v) is 4.49. The van der Waals surface area contributed by atoms with E-state index in [1.54, 1.807) is 6.92 Å². The second-order valence-electron chi connectivity index (χ2n) is 6.47. The molecular weight excluding hydrogens is 368 g/mol. The van der Waals surface area contributed by atoms with E-state index in [4.69, 9.17) is 9.15 Å². The molecular formula is C20H23F2N3O3. The molecule has 0 unspecified atom stereocenters. The summed E-state index contributed by atoms with van der Waals surface area (Å²) in [6.07, 6.45) is -0.969. The average Bonchev–Trinajstić information content (AvgIpc) is 3.23. The normalized spacial score (nSPS) is 11.7. The van der Waals surface area contributed by atoms with Gasteiger partial charge in [-0.2, -0.15) is 5.10 Å². The number of aromatic nitrogens is 2. The summed E-state index contributed by atoms with van der Waals surface area (Å²) >= 11 is 0. The quantitative estimate of drug-likeness (QED) is 0.533. The van der Waals surface area contributed by atoms with Gasteiger partial charge in [-0.15, -0.1) is 0 Å². The summed E-state index contributed by atoms with van der Waals surface area (Å²) in [5, 5.41) is 4.99. The van der Waals surface area contributed by atoms with Crippen LogP contribution in [-0.2, 0) is 24.4 Å². The Labute approximate surface area is 161 Å². The standard InChI is InChI=1S/C20H23F2N3O3/c1-4-16-15(13-8-6-7-9-17(13)28-16)11-24(3)12-25-18(19(21)22)14(10-23-25)20(26)27-5-2/h6-10,19H,4-5,11-12H2,1-3H3. The fourth-order valence-corrected chi connectivity index (χ4v) is 3.26. The van der Waals surface area contributed by atoms with Gasteiger partial charge in [0.05, 0.1) is 19.5 Å². The maximum absolute atomic E-state index is 13.6. The Morgan fingerprint density at radius 3 is 2.75 bits per heavy atom. The van der Waals surface area contributed by atoms with Crippen molar-refractivity contribution in [3.05, 3.63) is 53.0 Å². The summed E-state index contributed by atoms with van der Waals surface area (Å²) in [4.78, 5) is 13.8. The molecule has 6 nitrogen and oxygen atoms in total. The summed E-state index contributed by atoms with van der Waals surface area (Å²) in [5.74, 6) is 0.0793. The number of fused-ring (bicyclic) bond motifs is 1. The second-order valence-corrected chi connectivity index (χ2v) is 6.47. The highest BCUT2D eigenvalue weighted by molar-refractivity contribution is 5.90. The number of carbonyl (C=O) groups excluding carboxylic acids is 1. The van der Waals surface area contributed by atoms with Crippen molar-refractivity contribution in [3.8, 4) is 0 Å². The SMILES string of the molecule is CCOC(=O)c1cnn(CN(C)Cc2c(CC)oc3ccccc23)c1C(F)F. The summed E-state index contributed by atoms with van der Waals surface area (Å²) < 4.78 is 39.0. The van der Waals surface area contributed by atoms with Gasteiger partial charge in [-0.1, -0.05) is 25.1 Å². The van der Waals surface area contributed by atoms with Crippen molar-refractivity contribution in [1.29, 1.82) is 0 Å². The topological polar surface area (TPSA) is 60.5 Å². The van der Waals surface area contributed by atoms with Crippen LogP contribution in [0, 0.1) is 0 Å². The van der Waals surface area contributed by atoms with Crippen molar-refractivity contribution in [1.82, 2.24) is 14.7 Å². The number of aryl methyl sites for hydroxylation is 1. The van der Waals surface area contributed by atoms with Crippen LogP contribution < -0.4 is 0 Å². The van der Waals surface area contributed by atoms with Crippen LogP contribution in [0.2, 0.25) is 0 Å². The first-order chi connectivity index (χ1) is 13.5. The van der Waals surface area contributed by atoms with E-state index in [2.05, 4.69) is 5.10 Å². The Morgan fingerprint density at radius 1 is 1.32 bits per heavy atom. The zero-order chi connectivity index (χ0) is 20.3. The van der Waals surface area contributed by atoms with Gasteiger partial charge in [0, 0.05) is 23.9 Å². The number of rotatable bonds is 8. The van der Waals surface area contributed by atoms with E-state index in [9.17, 15) is 13.6 Å². The van der Waals surface area contributed by atoms with Crippen molar-refractivity contribution in [2.24, 2.45) is 0 Å². The predicted octanol–water partition coefficient (Wildman–Crippen LogP) is 4.40. The van der Waals surface area contributed by atoms with Crippen molar-refractivity contribution in [2.45, 2.75) is 39.9 Å². The smallest absolute Gasteiger partial charge is 0.341 e. The molecule has 0 saturated heterocycles. The zero-order valence-corrected chi connectivity index (χ0v) is 16.1. The van der Waals surface area contributed by atoms with Crippen LogP contribution in [0.25, 0.3) is 11.0 Å². The van der Waals surface area contributed by atoms with Crippen LogP contribution in [0.4, 0.5) is 8.78 Å². The maximum Gasteiger partial charge on any atom is 0.341 e. The summed E-state index contributed by atoms with van der Waals surface area (Å²) in [5.41, 5.74) is 1.20. The molecule has 0 aliphatic carbocycles. The maximum atomic E-state index is 13.6. The van der Waals surface area contributed by atoms with E-state index in [0.29, 0.717) is 6.54 Å². The number of para-hydroxylation sites is 1. The van der Waals surface area contributed by atoms with Gasteiger partial charge in [0.2, 0.25) is 0 Å². The first-order valence-corrected chi connectivity index (χ1v) is 9.15. The molecule has 28 heavy (non-hydrogen) atoms. The van der Waals surface area contributed by atoms with Crippen LogP contribution in [0.5, 0.6) is 0 Å². The highest BCUT2D eigenvalue weighted by Gasteiger charge is 2.26. The lowest BCUT2D eigenvalue weighted by Crippen LogP contribution is -2.24. The van der Waals surface area contributed by atoms with Gasteiger partial charge in [0.25, 0.3) is 6.43 Å². The van der Waals surface area contributed by atoms with E-state index >= 15 is 0 Å². The molecule has 0 N–H and O–H groups in total. The number of nitrogens with zero attached hydrogens (tertiary/aromatic N) is 3. The molecule has 150 valence electrons. The van der Waals surface area contributed by atoms with Gasteiger partial charge < -0.3 is 9.15 Å². The number of alkyl halides is 2. The first-order valence-electron chi connectivity index (χ1n) is 9.15. The van der Waals surface area contributed by atoms with Gasteiger partial charge in [-0.25, -0.2) is 18.3 Å². The lowest BCUT2D eigenvalue weighted by molar-refractivity contribution is 0.0512. The van der Waals surface area contributed by atoms with Crippen molar-refractivity contribution in [2.75, 3.05) is 13.7 Å². The van der Waals surface area contributed by atoms with Crippen LogP contribution in [0.15, 0.2) is 34.9 Å². The fourth-order valence-electron chi connectivity index (χ4n) is 3.26. The van der Waals surface area contributed by atoms with Crippen molar-refractivity contribution in [3.63, 3.8) is 0 Å². The molecule has 0 amide bonds. The molecule has 0 spiro atoms. The molecule has 0 fully saturated rings. The fraction of sp³-hybridized carbons (Fsp3) is 0.400. The molecule has 2 aromatic heterocycles. The minimum Gasteiger partial charge on any atom is -0.462 e. The molecule has 0 radical (unpaired) electrons. The van der Waals surface area contributed by atoms with E-state index < -0.39 is 18.1 Å². The number of furan rings is 1. The second kappa shape index (κ2) is 8.52. The molecule has 0 saturated carbocycles. The van der Waals surface area contributed by atoms with Gasteiger partial charge in [0.1, 0.15) is 22.6 Å². The zero-order valence-electron chi connectivity index (χ0n) is 16.1. The minimum atomic E-state index is -2.84. The van der Waals surface area contributed by atoms with E-state index in [0.717, 1.165) is 39.6 Å². The Kier molecular flexibility index (Phi) is 6.08. The van der Waals surface area contributed by atoms with Gasteiger partial charge >= 0.3 is 5.97 Å². The number of halogens is 2. The summed E-state index contributed by atoms with van der Waals surface area (Å²) in [6.45, 7) is 4.34. The van der Waals surface area contributed by atoms with Crippen LogP contribution in [0.1, 0.15) is 47.6 Å². The Balaban J connectivity index is 1.84. The van der Waals surface area contributed by atoms with Crippen molar-refractivity contribution >= 4 is 16.9 Å². The molecule has 0 bridgehead atoms. The molecule has 1 aromatic carbocycles. The minimum absolute atomic E-state index is 0.0989. The predicted molar refractivity (Wildman–Crippen MR) is 100 cm³/mol. The highest BCUT2D eigenvalue weighted by Crippen LogP contribution is 2.28. The number of hydrogen-bond donors (Lipinski definition) is 0. The third kappa shape index (κ3) is 3.91. The largest absolute Gasteiger partial charge is 0.462 e. The molecule has 3 aromatic rings. The summed E-state index contributed by atoms with van der Waals surface area (Å²) in [6, 6.07) is 7.74. The van der Waals surface area contributed by atoms with E-state index in [1.807, 2.05) is 43.1 Å². The van der Waals surface area contributed by atoms with Gasteiger partial charge in [-0.05, 0) is 20.0 Å². The number of carbonyl (C=O) groups is 1. The molecule has 3 rings (SSSR count). The molecule has 0 atom stereocenters. The number of benzene rings is 1. The first kappa shape index (κ1) is 20.0. The number of hydrogen-bond acceptors (Lipinski definition) is 5. The number of ether oxygens (including phenoxy) is 1. The molecule has 0 aliphatic rings. The summed E-state index contributed by atoms with van der Waals surface area (Å²) in [7, 11) is 1.81. The Hall–Kier alpha value is -2.74. The lowest BCUT2D eigenvalue weighted by atomic mass is 10.1. The van der Waals surface area contributed by atoms with Gasteiger partial charge in [-0.3, -0.25) is 4.90 Å². The van der Waals surface area contributed by atoms with Crippen LogP contribution in [0.3, 0.4) is 0 Å². The van der Waals surface area contributed by atoms with Crippen LogP contribution in [-0.4, -0.2) is 34.3 Å². The van der Waals surface area contributed by atoms with E-state index in [-0.39, 0.29) is 18.8 Å². The molecule has 0 aliphatic heterocycles. The number of esters is 1. The van der Waals surface area contributed by atoms with Crippen LogP contribution >= 0.6 is 0 Å². The lowest BCUT2D eigenvalue weighted by Gasteiger charge is -2.18. The molecule has 2 heterocycles. The Bertz CT molecular complexity index is 965. The monoisotopic (exact) mass is 391 g/mol. The Morgan fingerprint density at radius 2 is 2.07 bits per heavy atom. The highest BCUT2D eigenvalue weighted by atomic mass is 19.3. The average molecular weight is 391 g/mol.